The minimum Gasteiger partial charge on any atom is -0.493 e. The fourth-order valence-electron chi connectivity index (χ4n) is 2.59. The van der Waals surface area contributed by atoms with Crippen LogP contribution in [-0.2, 0) is 12.8 Å². The molecule has 0 bridgehead atoms. The number of ether oxygens (including phenoxy) is 1. The molecule has 3 rings (SSSR count). The van der Waals surface area contributed by atoms with E-state index in [2.05, 4.69) is 43.3 Å². The fourth-order valence-corrected chi connectivity index (χ4v) is 3.15. The first-order valence-electron chi connectivity index (χ1n) is 6.64. The van der Waals surface area contributed by atoms with E-state index in [9.17, 15) is 0 Å². The predicted molar refractivity (Wildman–Crippen MR) is 80.9 cm³/mol. The van der Waals surface area contributed by atoms with E-state index in [1.165, 1.54) is 11.1 Å². The monoisotopic (exact) mass is 333 g/mol. The summed E-state index contributed by atoms with van der Waals surface area (Å²) in [5.41, 5.74) is 3.59. The maximum absolute atomic E-state index is 5.79. The van der Waals surface area contributed by atoms with Crippen LogP contribution in [0.5, 0.6) is 5.75 Å². The molecule has 2 aromatic rings. The van der Waals surface area contributed by atoms with Crippen LogP contribution in [0, 0.1) is 0 Å². The van der Waals surface area contributed by atoms with Gasteiger partial charge in [0.2, 0.25) is 0 Å². The molecule has 4 nitrogen and oxygen atoms in total. The highest BCUT2D eigenvalue weighted by atomic mass is 79.9. The van der Waals surface area contributed by atoms with E-state index < -0.39 is 0 Å². The number of hydrogen-bond donors (Lipinski definition) is 1. The van der Waals surface area contributed by atoms with Gasteiger partial charge in [-0.3, -0.25) is 0 Å². The molecule has 1 aromatic carbocycles. The van der Waals surface area contributed by atoms with Crippen molar-refractivity contribution in [1.82, 2.24) is 15.3 Å². The lowest BCUT2D eigenvalue weighted by Gasteiger charge is -2.18. The van der Waals surface area contributed by atoms with Crippen molar-refractivity contribution in [2.45, 2.75) is 18.9 Å². The third-order valence-corrected chi connectivity index (χ3v) is 4.04. The Kier molecular flexibility index (Phi) is 3.98. The van der Waals surface area contributed by atoms with Gasteiger partial charge in [0, 0.05) is 34.9 Å². The van der Waals surface area contributed by atoms with E-state index >= 15 is 0 Å². The minimum atomic E-state index is 0.179. The molecule has 0 amide bonds. The lowest BCUT2D eigenvalue weighted by Crippen LogP contribution is -2.19. The Hall–Kier alpha value is -1.46. The summed E-state index contributed by atoms with van der Waals surface area (Å²) in [6.07, 6.45) is 7.10. The first kappa shape index (κ1) is 13.5. The number of aromatic nitrogens is 2. The van der Waals surface area contributed by atoms with Gasteiger partial charge in [-0.05, 0) is 36.7 Å². The van der Waals surface area contributed by atoms with Crippen molar-refractivity contribution in [2.24, 2.45) is 0 Å². The van der Waals surface area contributed by atoms with E-state index in [1.807, 2.05) is 19.4 Å². The second-order valence-corrected chi connectivity index (χ2v) is 5.78. The molecule has 5 heteroatoms. The number of fused-ring (bicyclic) bond motifs is 1. The van der Waals surface area contributed by atoms with Crippen LogP contribution >= 0.6 is 15.9 Å². The van der Waals surface area contributed by atoms with Gasteiger partial charge in [-0.2, -0.15) is 0 Å². The summed E-state index contributed by atoms with van der Waals surface area (Å²) in [5, 5.41) is 3.33. The molecule has 1 N–H and O–H groups in total. The van der Waals surface area contributed by atoms with Gasteiger partial charge in [0.1, 0.15) is 12.1 Å². The van der Waals surface area contributed by atoms with Gasteiger partial charge in [0.25, 0.3) is 0 Å². The first-order valence-corrected chi connectivity index (χ1v) is 7.43. The Labute approximate surface area is 126 Å². The summed E-state index contributed by atoms with van der Waals surface area (Å²) < 4.78 is 6.89. The maximum Gasteiger partial charge on any atom is 0.125 e. The van der Waals surface area contributed by atoms with Crippen molar-refractivity contribution in [3.63, 3.8) is 0 Å². The zero-order valence-corrected chi connectivity index (χ0v) is 12.9. The number of benzene rings is 1. The van der Waals surface area contributed by atoms with E-state index in [0.29, 0.717) is 0 Å². The zero-order chi connectivity index (χ0) is 13.9. The van der Waals surface area contributed by atoms with Crippen LogP contribution in [0.25, 0.3) is 0 Å². The molecular formula is C15H16BrN3O. The van der Waals surface area contributed by atoms with E-state index in [4.69, 9.17) is 4.74 Å². The Morgan fingerprint density at radius 1 is 1.35 bits per heavy atom. The normalized spacial score (nSPS) is 14.7. The van der Waals surface area contributed by atoms with Gasteiger partial charge < -0.3 is 10.1 Å². The first-order chi connectivity index (χ1) is 9.78. The number of nitrogens with zero attached hydrogens (tertiary/aromatic N) is 2. The second-order valence-electron chi connectivity index (χ2n) is 4.87. The highest BCUT2D eigenvalue weighted by molar-refractivity contribution is 9.10. The summed E-state index contributed by atoms with van der Waals surface area (Å²) in [4.78, 5) is 8.19. The molecule has 1 aliphatic rings. The van der Waals surface area contributed by atoms with Crippen LogP contribution in [0.1, 0.15) is 22.7 Å². The van der Waals surface area contributed by atoms with Gasteiger partial charge in [-0.25, -0.2) is 9.97 Å². The SMILES string of the molecule is CNC(Cc1cc(Br)cc2c1OCC2)c1cncnc1. The predicted octanol–water partition coefficient (Wildman–Crippen LogP) is 2.68. The van der Waals surface area contributed by atoms with Crippen molar-refractivity contribution >= 4 is 15.9 Å². The van der Waals surface area contributed by atoms with Crippen LogP contribution in [0.4, 0.5) is 0 Å². The largest absolute Gasteiger partial charge is 0.493 e. The maximum atomic E-state index is 5.79. The topological polar surface area (TPSA) is 47.0 Å². The molecule has 1 unspecified atom stereocenters. The van der Waals surface area contributed by atoms with Gasteiger partial charge in [0.05, 0.1) is 6.61 Å². The molecular weight excluding hydrogens is 318 g/mol. The molecule has 0 saturated heterocycles. The average molecular weight is 334 g/mol. The fraction of sp³-hybridized carbons (Fsp3) is 0.333. The summed E-state index contributed by atoms with van der Waals surface area (Å²) in [7, 11) is 1.96. The molecule has 1 aromatic heterocycles. The Bertz CT molecular complexity index is 604. The summed E-state index contributed by atoms with van der Waals surface area (Å²) in [6, 6.07) is 4.46. The van der Waals surface area contributed by atoms with Crippen molar-refractivity contribution in [2.75, 3.05) is 13.7 Å². The molecule has 0 aliphatic carbocycles. The van der Waals surface area contributed by atoms with Crippen molar-refractivity contribution in [3.8, 4) is 5.75 Å². The number of nitrogens with one attached hydrogen (secondary N) is 1. The molecule has 2 heterocycles. The van der Waals surface area contributed by atoms with Crippen LogP contribution in [0.2, 0.25) is 0 Å². The third-order valence-electron chi connectivity index (χ3n) is 3.58. The molecule has 1 aliphatic heterocycles. The highest BCUT2D eigenvalue weighted by Crippen LogP contribution is 2.35. The van der Waals surface area contributed by atoms with E-state index in [0.717, 1.165) is 35.2 Å². The van der Waals surface area contributed by atoms with Gasteiger partial charge >= 0.3 is 0 Å². The third kappa shape index (κ3) is 2.69. The van der Waals surface area contributed by atoms with Crippen LogP contribution in [0.15, 0.2) is 35.3 Å². The smallest absolute Gasteiger partial charge is 0.125 e. The van der Waals surface area contributed by atoms with Gasteiger partial charge in [-0.1, -0.05) is 15.9 Å². The van der Waals surface area contributed by atoms with Crippen LogP contribution in [0.3, 0.4) is 0 Å². The van der Waals surface area contributed by atoms with E-state index in [1.54, 1.807) is 6.33 Å². The Balaban J connectivity index is 1.91. The zero-order valence-electron chi connectivity index (χ0n) is 11.3. The Morgan fingerprint density at radius 3 is 2.90 bits per heavy atom. The van der Waals surface area contributed by atoms with E-state index in [-0.39, 0.29) is 6.04 Å². The number of rotatable bonds is 4. The summed E-state index contributed by atoms with van der Waals surface area (Å²) >= 11 is 3.58. The second kappa shape index (κ2) is 5.89. The summed E-state index contributed by atoms with van der Waals surface area (Å²) in [5.74, 6) is 1.05. The minimum absolute atomic E-state index is 0.179. The number of halogens is 1. The lowest BCUT2D eigenvalue weighted by atomic mass is 9.98. The molecule has 20 heavy (non-hydrogen) atoms. The molecule has 0 spiro atoms. The molecule has 0 saturated carbocycles. The van der Waals surface area contributed by atoms with Crippen molar-refractivity contribution < 1.29 is 4.74 Å². The number of likely N-dealkylation sites (N-methyl/N-ethyl adjacent to an activating group) is 1. The Morgan fingerprint density at radius 2 is 2.15 bits per heavy atom. The average Bonchev–Trinajstić information content (AvgIpc) is 2.93. The van der Waals surface area contributed by atoms with Crippen LogP contribution in [-0.4, -0.2) is 23.6 Å². The molecule has 104 valence electrons. The standard InChI is InChI=1S/C15H16BrN3O/c1-17-14(12-7-18-9-19-8-12)6-11-5-13(16)4-10-2-3-20-15(10)11/h4-5,7-9,14,17H,2-3,6H2,1H3. The summed E-state index contributed by atoms with van der Waals surface area (Å²) in [6.45, 7) is 0.775. The highest BCUT2D eigenvalue weighted by Gasteiger charge is 2.20. The van der Waals surface area contributed by atoms with Crippen LogP contribution < -0.4 is 10.1 Å². The number of hydrogen-bond acceptors (Lipinski definition) is 4. The van der Waals surface area contributed by atoms with Gasteiger partial charge in [0.15, 0.2) is 0 Å². The van der Waals surface area contributed by atoms with Crippen molar-refractivity contribution in [1.29, 1.82) is 0 Å². The lowest BCUT2D eigenvalue weighted by molar-refractivity contribution is 0.352. The molecule has 0 radical (unpaired) electrons. The molecule has 1 atom stereocenters. The van der Waals surface area contributed by atoms with Gasteiger partial charge in [-0.15, -0.1) is 0 Å². The van der Waals surface area contributed by atoms with Crippen molar-refractivity contribution in [3.05, 3.63) is 52.0 Å². The molecule has 0 fully saturated rings. The quantitative estimate of drug-likeness (QED) is 0.934.